The normalized spacial score (nSPS) is 16.2. The van der Waals surface area contributed by atoms with Crippen molar-refractivity contribution >= 4 is 15.9 Å². The zero-order chi connectivity index (χ0) is 20.5. The molecule has 1 amide bonds. The Hall–Kier alpha value is -2.59. The van der Waals surface area contributed by atoms with Crippen LogP contribution in [0.4, 0.5) is 13.2 Å². The van der Waals surface area contributed by atoms with E-state index in [-0.39, 0.29) is 37.5 Å². The number of hydrogen-bond acceptors (Lipinski definition) is 4. The maximum Gasteiger partial charge on any atom is 0.417 e. The number of hydrogen-bond donors (Lipinski definition) is 1. The summed E-state index contributed by atoms with van der Waals surface area (Å²) in [5, 5.41) is 9.79. The van der Waals surface area contributed by atoms with E-state index in [1.54, 1.807) is 12.1 Å². The Morgan fingerprint density at radius 2 is 1.50 bits per heavy atom. The van der Waals surface area contributed by atoms with Gasteiger partial charge in [-0.25, -0.2) is 8.42 Å². The van der Waals surface area contributed by atoms with Gasteiger partial charge in [0.15, 0.2) is 0 Å². The number of benzene rings is 2. The molecule has 0 bridgehead atoms. The molecular formula is C18H17F3N2O4S. The molecule has 0 radical (unpaired) electrons. The van der Waals surface area contributed by atoms with Gasteiger partial charge in [-0.3, -0.25) is 4.79 Å². The summed E-state index contributed by atoms with van der Waals surface area (Å²) >= 11 is 0. The first-order chi connectivity index (χ1) is 13.1. The number of sulfonamides is 1. The fourth-order valence-corrected chi connectivity index (χ4v) is 4.66. The number of aromatic hydroxyl groups is 1. The Balaban J connectivity index is 1.78. The van der Waals surface area contributed by atoms with Crippen LogP contribution in [0.2, 0.25) is 0 Å². The molecule has 2 aromatic carbocycles. The SMILES string of the molecule is O=C(c1ccccc1O)N1CCN(S(=O)(=O)c2ccccc2C(F)(F)F)CC1. The molecule has 10 heteroatoms. The number of alkyl halides is 3. The smallest absolute Gasteiger partial charge is 0.417 e. The molecule has 28 heavy (non-hydrogen) atoms. The molecule has 0 atom stereocenters. The highest BCUT2D eigenvalue weighted by atomic mass is 32.2. The number of halogens is 3. The van der Waals surface area contributed by atoms with Crippen molar-refractivity contribution in [1.82, 2.24) is 9.21 Å². The van der Waals surface area contributed by atoms with E-state index in [1.807, 2.05) is 0 Å². The molecule has 0 aromatic heterocycles. The van der Waals surface area contributed by atoms with Crippen LogP contribution in [0, 0.1) is 0 Å². The van der Waals surface area contributed by atoms with Gasteiger partial charge in [-0.1, -0.05) is 24.3 Å². The predicted molar refractivity (Wildman–Crippen MR) is 94.2 cm³/mol. The molecule has 1 heterocycles. The number of piperazine rings is 1. The lowest BCUT2D eigenvalue weighted by atomic mass is 10.1. The molecule has 150 valence electrons. The lowest BCUT2D eigenvalue weighted by molar-refractivity contribution is -0.139. The van der Waals surface area contributed by atoms with Gasteiger partial charge < -0.3 is 10.0 Å². The summed E-state index contributed by atoms with van der Waals surface area (Å²) in [6.07, 6.45) is -4.80. The molecule has 0 unspecified atom stereocenters. The van der Waals surface area contributed by atoms with E-state index in [0.29, 0.717) is 0 Å². The molecule has 1 N–H and O–H groups in total. The van der Waals surface area contributed by atoms with Crippen molar-refractivity contribution in [2.24, 2.45) is 0 Å². The van der Waals surface area contributed by atoms with Gasteiger partial charge in [-0.2, -0.15) is 17.5 Å². The minimum atomic E-state index is -4.80. The number of para-hydroxylation sites is 1. The second-order valence-corrected chi connectivity index (χ2v) is 8.11. The third-order valence-corrected chi connectivity index (χ3v) is 6.43. The fraction of sp³-hybridized carbons (Fsp3) is 0.278. The second kappa shape index (κ2) is 7.44. The largest absolute Gasteiger partial charge is 0.507 e. The first kappa shape index (κ1) is 20.2. The van der Waals surface area contributed by atoms with Crippen LogP contribution in [-0.4, -0.2) is 54.8 Å². The summed E-state index contributed by atoms with van der Waals surface area (Å²) in [7, 11) is -4.37. The van der Waals surface area contributed by atoms with Crippen molar-refractivity contribution in [2.75, 3.05) is 26.2 Å². The van der Waals surface area contributed by atoms with Crippen LogP contribution < -0.4 is 0 Å². The average Bonchev–Trinajstić information content (AvgIpc) is 2.67. The van der Waals surface area contributed by atoms with Crippen LogP contribution in [0.5, 0.6) is 5.75 Å². The van der Waals surface area contributed by atoms with Gasteiger partial charge in [-0.15, -0.1) is 0 Å². The number of phenols is 1. The van der Waals surface area contributed by atoms with Crippen molar-refractivity contribution < 1.29 is 31.5 Å². The molecule has 0 spiro atoms. The molecule has 0 saturated carbocycles. The topological polar surface area (TPSA) is 77.9 Å². The van der Waals surface area contributed by atoms with Crippen LogP contribution in [0.3, 0.4) is 0 Å². The Kier molecular flexibility index (Phi) is 5.35. The van der Waals surface area contributed by atoms with Gasteiger partial charge in [0.25, 0.3) is 5.91 Å². The summed E-state index contributed by atoms with van der Waals surface area (Å²) in [5.74, 6) is -0.660. The Morgan fingerprint density at radius 3 is 2.11 bits per heavy atom. The second-order valence-electron chi connectivity index (χ2n) is 6.21. The monoisotopic (exact) mass is 414 g/mol. The van der Waals surface area contributed by atoms with Crippen molar-refractivity contribution in [3.05, 3.63) is 59.7 Å². The molecule has 0 aliphatic carbocycles. The van der Waals surface area contributed by atoms with Crippen molar-refractivity contribution in [3.8, 4) is 5.75 Å². The van der Waals surface area contributed by atoms with Crippen LogP contribution in [0.1, 0.15) is 15.9 Å². The van der Waals surface area contributed by atoms with Crippen LogP contribution in [0.15, 0.2) is 53.4 Å². The number of rotatable bonds is 3. The van der Waals surface area contributed by atoms with Gasteiger partial charge in [0.2, 0.25) is 10.0 Å². The zero-order valence-electron chi connectivity index (χ0n) is 14.6. The quantitative estimate of drug-likeness (QED) is 0.838. The van der Waals surface area contributed by atoms with E-state index < -0.39 is 32.6 Å². The number of carbonyl (C=O) groups excluding carboxylic acids is 1. The third-order valence-electron chi connectivity index (χ3n) is 4.47. The molecule has 3 rings (SSSR count). The molecular weight excluding hydrogens is 397 g/mol. The van der Waals surface area contributed by atoms with E-state index >= 15 is 0 Å². The minimum absolute atomic E-state index is 0.000578. The fourth-order valence-electron chi connectivity index (χ4n) is 3.02. The third kappa shape index (κ3) is 3.83. The highest BCUT2D eigenvalue weighted by Gasteiger charge is 2.39. The number of carbonyl (C=O) groups is 1. The molecule has 1 saturated heterocycles. The number of nitrogens with zero attached hydrogens (tertiary/aromatic N) is 2. The van der Waals surface area contributed by atoms with Crippen LogP contribution in [0.25, 0.3) is 0 Å². The van der Waals surface area contributed by atoms with Crippen molar-refractivity contribution in [1.29, 1.82) is 0 Å². The summed E-state index contributed by atoms with van der Waals surface area (Å²) in [6, 6.07) is 9.98. The zero-order valence-corrected chi connectivity index (χ0v) is 15.4. The van der Waals surface area contributed by atoms with E-state index in [4.69, 9.17) is 0 Å². The van der Waals surface area contributed by atoms with E-state index in [2.05, 4.69) is 0 Å². The maximum absolute atomic E-state index is 13.2. The van der Waals surface area contributed by atoms with Gasteiger partial charge in [0.05, 0.1) is 16.0 Å². The van der Waals surface area contributed by atoms with Crippen molar-refractivity contribution in [3.63, 3.8) is 0 Å². The number of phenolic OH excluding ortho intramolecular Hbond substituents is 1. The Morgan fingerprint density at radius 1 is 0.929 bits per heavy atom. The van der Waals surface area contributed by atoms with E-state index in [0.717, 1.165) is 22.5 Å². The highest BCUT2D eigenvalue weighted by Crippen LogP contribution is 2.35. The molecule has 1 aliphatic rings. The average molecular weight is 414 g/mol. The van der Waals surface area contributed by atoms with Gasteiger partial charge in [-0.05, 0) is 24.3 Å². The van der Waals surface area contributed by atoms with Crippen LogP contribution >= 0.6 is 0 Å². The first-order valence-corrected chi connectivity index (χ1v) is 9.80. The summed E-state index contributed by atoms with van der Waals surface area (Å²) in [5.41, 5.74) is -1.14. The van der Waals surface area contributed by atoms with Crippen LogP contribution in [-0.2, 0) is 16.2 Å². The summed E-state index contributed by atoms with van der Waals surface area (Å²) < 4.78 is 66.0. The first-order valence-electron chi connectivity index (χ1n) is 8.36. The highest BCUT2D eigenvalue weighted by molar-refractivity contribution is 7.89. The summed E-state index contributed by atoms with van der Waals surface area (Å²) in [6.45, 7) is -0.289. The minimum Gasteiger partial charge on any atom is -0.507 e. The Labute approximate surface area is 159 Å². The van der Waals surface area contributed by atoms with E-state index in [9.17, 15) is 31.5 Å². The van der Waals surface area contributed by atoms with Crippen molar-refractivity contribution in [2.45, 2.75) is 11.1 Å². The standard InChI is InChI=1S/C18H17F3N2O4S/c19-18(20,21)14-6-2-4-8-16(14)28(26,27)23-11-9-22(10-12-23)17(25)13-5-1-3-7-15(13)24/h1-8,24H,9-12H2. The summed E-state index contributed by atoms with van der Waals surface area (Å²) in [4.78, 5) is 13.0. The van der Waals surface area contributed by atoms with Gasteiger partial charge in [0.1, 0.15) is 5.75 Å². The Bertz CT molecular complexity index is 984. The van der Waals surface area contributed by atoms with E-state index in [1.165, 1.54) is 23.1 Å². The molecule has 6 nitrogen and oxygen atoms in total. The molecule has 1 aliphatic heterocycles. The maximum atomic E-state index is 13.2. The lowest BCUT2D eigenvalue weighted by Gasteiger charge is -2.34. The molecule has 2 aromatic rings. The van der Waals surface area contributed by atoms with Gasteiger partial charge >= 0.3 is 6.18 Å². The lowest BCUT2D eigenvalue weighted by Crippen LogP contribution is -2.50. The predicted octanol–water partition coefficient (Wildman–Crippen LogP) is 2.56. The molecule has 1 fully saturated rings. The van der Waals surface area contributed by atoms with Gasteiger partial charge in [0, 0.05) is 26.2 Å². The number of amides is 1.